The van der Waals surface area contributed by atoms with Gasteiger partial charge in [0.25, 0.3) is 0 Å². The number of H-pyrrole nitrogens is 1. The Labute approximate surface area is 101 Å². The molecule has 0 amide bonds. The number of nitrogens with zero attached hydrogens (tertiary/aromatic N) is 1. The van der Waals surface area contributed by atoms with Crippen molar-refractivity contribution in [1.29, 1.82) is 0 Å². The van der Waals surface area contributed by atoms with Gasteiger partial charge >= 0.3 is 0 Å². The van der Waals surface area contributed by atoms with Gasteiger partial charge in [-0.2, -0.15) is 0 Å². The first-order valence-corrected chi connectivity index (χ1v) is 5.98. The van der Waals surface area contributed by atoms with Crippen LogP contribution in [-0.2, 0) is 5.41 Å². The molecule has 2 nitrogen and oxygen atoms in total. The van der Waals surface area contributed by atoms with Gasteiger partial charge in [0.05, 0.1) is 11.0 Å². The van der Waals surface area contributed by atoms with Crippen LogP contribution in [0.1, 0.15) is 51.9 Å². The molecule has 0 fully saturated rings. The van der Waals surface area contributed by atoms with Crippen LogP contribution in [0.15, 0.2) is 12.1 Å². The lowest BCUT2D eigenvalue weighted by molar-refractivity contribution is 0.554. The van der Waals surface area contributed by atoms with E-state index in [0.717, 1.165) is 16.9 Å². The molecule has 1 aromatic carbocycles. The SMILES string of the molecule is CC(C)c1cc2[nH]c(C(C)(C)C)nc2cc1F. The number of halogens is 1. The summed E-state index contributed by atoms with van der Waals surface area (Å²) in [6.07, 6.45) is 0. The van der Waals surface area contributed by atoms with E-state index in [9.17, 15) is 4.39 Å². The zero-order valence-electron chi connectivity index (χ0n) is 11.1. The van der Waals surface area contributed by atoms with Crippen LogP contribution in [0, 0.1) is 5.82 Å². The lowest BCUT2D eigenvalue weighted by atomic mass is 9.96. The molecule has 2 rings (SSSR count). The number of nitrogens with one attached hydrogen (secondary N) is 1. The maximum Gasteiger partial charge on any atom is 0.128 e. The Bertz CT molecular complexity index is 547. The highest BCUT2D eigenvalue weighted by atomic mass is 19.1. The summed E-state index contributed by atoms with van der Waals surface area (Å²) in [6, 6.07) is 3.40. The van der Waals surface area contributed by atoms with Crippen molar-refractivity contribution >= 4 is 11.0 Å². The molecule has 2 aromatic rings. The number of rotatable bonds is 1. The molecular formula is C14H19FN2. The zero-order valence-corrected chi connectivity index (χ0v) is 11.1. The van der Waals surface area contributed by atoms with Gasteiger partial charge in [0.15, 0.2) is 0 Å². The van der Waals surface area contributed by atoms with Crippen molar-refractivity contribution in [3.05, 3.63) is 29.3 Å². The van der Waals surface area contributed by atoms with Crippen molar-refractivity contribution in [2.75, 3.05) is 0 Å². The summed E-state index contributed by atoms with van der Waals surface area (Å²) in [5.74, 6) is 0.910. The van der Waals surface area contributed by atoms with Crippen LogP contribution < -0.4 is 0 Å². The highest BCUT2D eigenvalue weighted by Crippen LogP contribution is 2.26. The predicted molar refractivity (Wildman–Crippen MR) is 68.8 cm³/mol. The minimum absolute atomic E-state index is 0.0481. The Kier molecular flexibility index (Phi) is 2.72. The maximum absolute atomic E-state index is 13.8. The third-order valence-electron chi connectivity index (χ3n) is 2.93. The van der Waals surface area contributed by atoms with E-state index in [2.05, 4.69) is 30.7 Å². The van der Waals surface area contributed by atoms with E-state index in [4.69, 9.17) is 0 Å². The third kappa shape index (κ3) is 2.19. The van der Waals surface area contributed by atoms with Gasteiger partial charge in [-0.1, -0.05) is 34.6 Å². The quantitative estimate of drug-likeness (QED) is 0.789. The molecule has 0 aliphatic heterocycles. The maximum atomic E-state index is 13.8. The highest BCUT2D eigenvalue weighted by Gasteiger charge is 2.19. The Morgan fingerprint density at radius 3 is 2.41 bits per heavy atom. The molecule has 3 heteroatoms. The van der Waals surface area contributed by atoms with Crippen molar-refractivity contribution in [3.8, 4) is 0 Å². The van der Waals surface area contributed by atoms with Gasteiger partial charge in [-0.25, -0.2) is 9.37 Å². The Morgan fingerprint density at radius 1 is 1.24 bits per heavy atom. The predicted octanol–water partition coefficient (Wildman–Crippen LogP) is 4.12. The fourth-order valence-electron chi connectivity index (χ4n) is 1.85. The molecule has 0 saturated heterocycles. The van der Waals surface area contributed by atoms with E-state index in [0.29, 0.717) is 5.52 Å². The lowest BCUT2D eigenvalue weighted by Gasteiger charge is -2.13. The first-order chi connectivity index (χ1) is 7.79. The average Bonchev–Trinajstić information content (AvgIpc) is 2.58. The van der Waals surface area contributed by atoms with Crippen LogP contribution in [0.3, 0.4) is 0 Å². The number of imidazole rings is 1. The summed E-state index contributed by atoms with van der Waals surface area (Å²) < 4.78 is 13.8. The second-order valence-corrected chi connectivity index (χ2v) is 5.88. The molecule has 0 aliphatic carbocycles. The molecule has 0 radical (unpaired) electrons. The zero-order chi connectivity index (χ0) is 12.8. The molecule has 0 aliphatic rings. The van der Waals surface area contributed by atoms with Crippen LogP contribution >= 0.6 is 0 Å². The molecular weight excluding hydrogens is 215 g/mol. The minimum Gasteiger partial charge on any atom is -0.342 e. The molecule has 1 N–H and O–H groups in total. The topological polar surface area (TPSA) is 28.7 Å². The second kappa shape index (κ2) is 3.83. The second-order valence-electron chi connectivity index (χ2n) is 5.88. The summed E-state index contributed by atoms with van der Waals surface area (Å²) in [4.78, 5) is 7.73. The van der Waals surface area contributed by atoms with E-state index < -0.39 is 0 Å². The third-order valence-corrected chi connectivity index (χ3v) is 2.93. The number of fused-ring (bicyclic) bond motifs is 1. The molecule has 0 spiro atoms. The highest BCUT2D eigenvalue weighted by molar-refractivity contribution is 5.76. The monoisotopic (exact) mass is 234 g/mol. The summed E-state index contributed by atoms with van der Waals surface area (Å²) in [6.45, 7) is 10.2. The Morgan fingerprint density at radius 2 is 1.88 bits per heavy atom. The molecule has 92 valence electrons. The van der Waals surface area contributed by atoms with Crippen LogP contribution in [0.2, 0.25) is 0 Å². The number of aromatic nitrogens is 2. The van der Waals surface area contributed by atoms with Gasteiger partial charge in [-0.05, 0) is 17.5 Å². The van der Waals surface area contributed by atoms with Gasteiger partial charge in [0, 0.05) is 11.5 Å². The van der Waals surface area contributed by atoms with Crippen LogP contribution in [0.25, 0.3) is 11.0 Å². The van der Waals surface area contributed by atoms with E-state index in [-0.39, 0.29) is 17.2 Å². The van der Waals surface area contributed by atoms with Gasteiger partial charge in [-0.15, -0.1) is 0 Å². The normalized spacial score (nSPS) is 12.6. The van der Waals surface area contributed by atoms with E-state index in [1.165, 1.54) is 6.07 Å². The van der Waals surface area contributed by atoms with Crippen molar-refractivity contribution < 1.29 is 4.39 Å². The van der Waals surface area contributed by atoms with Crippen molar-refractivity contribution in [2.45, 2.75) is 46.0 Å². The van der Waals surface area contributed by atoms with Crippen molar-refractivity contribution in [2.24, 2.45) is 0 Å². The first kappa shape index (κ1) is 12.1. The molecule has 0 atom stereocenters. The first-order valence-electron chi connectivity index (χ1n) is 5.98. The largest absolute Gasteiger partial charge is 0.342 e. The fraction of sp³-hybridized carbons (Fsp3) is 0.500. The minimum atomic E-state index is -0.167. The number of aromatic amines is 1. The molecule has 1 heterocycles. The summed E-state index contributed by atoms with van der Waals surface area (Å²) in [7, 11) is 0. The van der Waals surface area contributed by atoms with E-state index in [1.54, 1.807) is 0 Å². The smallest absolute Gasteiger partial charge is 0.128 e. The Hall–Kier alpha value is -1.38. The van der Waals surface area contributed by atoms with Crippen LogP contribution in [0.5, 0.6) is 0 Å². The molecule has 0 saturated carbocycles. The standard InChI is InChI=1S/C14H19FN2/c1-8(2)9-6-11-12(7-10(9)15)17-13(16-11)14(3,4)5/h6-8H,1-5H3,(H,16,17). The number of hydrogen-bond acceptors (Lipinski definition) is 1. The van der Waals surface area contributed by atoms with Crippen LogP contribution in [-0.4, -0.2) is 9.97 Å². The molecule has 0 bridgehead atoms. The van der Waals surface area contributed by atoms with Gasteiger partial charge in [0.1, 0.15) is 11.6 Å². The summed E-state index contributed by atoms with van der Waals surface area (Å²) in [5.41, 5.74) is 2.31. The van der Waals surface area contributed by atoms with Gasteiger partial charge < -0.3 is 4.98 Å². The summed E-state index contributed by atoms with van der Waals surface area (Å²) in [5, 5.41) is 0. The van der Waals surface area contributed by atoms with Gasteiger partial charge in [0.2, 0.25) is 0 Å². The molecule has 1 aromatic heterocycles. The van der Waals surface area contributed by atoms with Crippen LogP contribution in [0.4, 0.5) is 4.39 Å². The van der Waals surface area contributed by atoms with Crippen molar-refractivity contribution in [3.63, 3.8) is 0 Å². The Balaban J connectivity index is 2.63. The number of hydrogen-bond donors (Lipinski definition) is 1. The lowest BCUT2D eigenvalue weighted by Crippen LogP contribution is -2.12. The molecule has 17 heavy (non-hydrogen) atoms. The average molecular weight is 234 g/mol. The van der Waals surface area contributed by atoms with E-state index in [1.807, 2.05) is 19.9 Å². The van der Waals surface area contributed by atoms with Crippen molar-refractivity contribution in [1.82, 2.24) is 9.97 Å². The number of benzene rings is 1. The summed E-state index contributed by atoms with van der Waals surface area (Å²) >= 11 is 0. The van der Waals surface area contributed by atoms with Gasteiger partial charge in [-0.3, -0.25) is 0 Å². The fourth-order valence-corrected chi connectivity index (χ4v) is 1.85. The molecule has 0 unspecified atom stereocenters. The van der Waals surface area contributed by atoms with E-state index >= 15 is 0 Å².